The molecule has 0 aromatic heterocycles. The lowest BCUT2D eigenvalue weighted by molar-refractivity contribution is -0.138. The van der Waals surface area contributed by atoms with E-state index < -0.39 is 65.8 Å². The molecule has 55 heavy (non-hydrogen) atoms. The predicted octanol–water partition coefficient (Wildman–Crippen LogP) is 4.59. The molecule has 4 aromatic carbocycles. The van der Waals surface area contributed by atoms with Crippen molar-refractivity contribution in [2.45, 2.75) is 24.2 Å². The number of halogens is 2. The van der Waals surface area contributed by atoms with Crippen molar-refractivity contribution in [3.05, 3.63) is 118 Å². The molecule has 0 unspecified atom stereocenters. The second-order valence-corrected chi connectivity index (χ2v) is 15.0. The third kappa shape index (κ3) is 5.59. The Bertz CT molecular complexity index is 2300. The molecule has 4 amide bonds. The fourth-order valence-corrected chi connectivity index (χ4v) is 9.62. The predicted molar refractivity (Wildman–Crippen MR) is 204 cm³/mol. The number of nitrogens with one attached hydrogen (secondary N) is 1. The van der Waals surface area contributed by atoms with Gasteiger partial charge in [0.05, 0.1) is 53.8 Å². The summed E-state index contributed by atoms with van der Waals surface area (Å²) in [5.41, 5.74) is 3.66. The van der Waals surface area contributed by atoms with Crippen LogP contribution < -0.4 is 25.3 Å². The van der Waals surface area contributed by atoms with E-state index in [1.807, 2.05) is 6.08 Å². The molecule has 3 fully saturated rings. The molecule has 4 aliphatic rings. The Morgan fingerprint density at radius 2 is 1.62 bits per heavy atom. The third-order valence-corrected chi connectivity index (χ3v) is 12.1. The van der Waals surface area contributed by atoms with Crippen molar-refractivity contribution in [2.75, 3.05) is 24.5 Å². The van der Waals surface area contributed by atoms with Crippen LogP contribution in [0.5, 0.6) is 17.2 Å². The first-order valence-electron chi connectivity index (χ1n) is 17.6. The number of ether oxygens (including phenoxy) is 2. The molecule has 0 radical (unpaired) electrons. The number of allylic oxidation sites excluding steroid dienone is 2. The first kappa shape index (κ1) is 36.6. The van der Waals surface area contributed by atoms with E-state index in [0.29, 0.717) is 27.5 Å². The Hall–Kier alpha value is -5.34. The highest BCUT2D eigenvalue weighted by Gasteiger charge is 2.70. The summed E-state index contributed by atoms with van der Waals surface area (Å²) >= 11 is 12.7. The molecule has 15 heteroatoms. The van der Waals surface area contributed by atoms with Gasteiger partial charge in [0.2, 0.25) is 11.8 Å². The van der Waals surface area contributed by atoms with Crippen LogP contribution in [0.15, 0.2) is 96.6 Å². The smallest absolute Gasteiger partial charge is 0.488 e. The standard InChI is InChI=1S/C40H34BCl2N3O9/c1-54-25-10-7-21(8-11-25)40-29(37(49)46(39(40)51)44-31-14-9-23(42)18-30(31)43)19-28-26(35(40)20-6-15-32(47)33(16-20)55-2)12-13-27-34(28)38(50)45(36(27)48)24-5-3-4-22(17-24)41(52)53/h3-12,14-18,27-29,34-35,44,47,52-53H,13,19H2,1-2H3/t27-,28+,29-,34-,35-,40+/m0/s1. The number of fused-ring (bicyclic) bond motifs is 4. The summed E-state index contributed by atoms with van der Waals surface area (Å²) < 4.78 is 11.0. The second kappa shape index (κ2) is 13.8. The zero-order valence-corrected chi connectivity index (χ0v) is 31.0. The van der Waals surface area contributed by atoms with Gasteiger partial charge in [0.15, 0.2) is 11.5 Å². The average Bonchev–Trinajstić information content (AvgIpc) is 3.56. The number of hydrogen-bond donors (Lipinski definition) is 4. The van der Waals surface area contributed by atoms with Crippen LogP contribution in [0.1, 0.15) is 29.9 Å². The van der Waals surface area contributed by atoms with Gasteiger partial charge in [-0.25, -0.2) is 0 Å². The number of hydrogen-bond acceptors (Lipinski definition) is 10. The van der Waals surface area contributed by atoms with Gasteiger partial charge < -0.3 is 24.6 Å². The number of imide groups is 2. The van der Waals surface area contributed by atoms with Crippen molar-refractivity contribution >= 4 is 70.8 Å². The van der Waals surface area contributed by atoms with Crippen molar-refractivity contribution in [2.24, 2.45) is 23.7 Å². The van der Waals surface area contributed by atoms with Gasteiger partial charge in [-0.3, -0.25) is 29.5 Å². The molecule has 280 valence electrons. The Balaban J connectivity index is 1.33. The highest BCUT2D eigenvalue weighted by molar-refractivity contribution is 6.58. The van der Waals surface area contributed by atoms with Crippen LogP contribution in [-0.4, -0.2) is 65.1 Å². The molecule has 2 aliphatic carbocycles. The number of phenolic OH excluding ortho intramolecular Hbond substituents is 1. The topological polar surface area (TPSA) is 166 Å². The lowest BCUT2D eigenvalue weighted by atomic mass is 9.49. The quantitative estimate of drug-likeness (QED) is 0.113. The third-order valence-electron chi connectivity index (χ3n) is 11.5. The summed E-state index contributed by atoms with van der Waals surface area (Å²) in [5.74, 6) is -5.87. The van der Waals surface area contributed by atoms with Crippen LogP contribution in [0.25, 0.3) is 0 Å². The molecule has 2 heterocycles. The van der Waals surface area contributed by atoms with Crippen molar-refractivity contribution in [1.82, 2.24) is 5.01 Å². The van der Waals surface area contributed by atoms with Gasteiger partial charge in [-0.2, -0.15) is 5.01 Å². The van der Waals surface area contributed by atoms with Gasteiger partial charge in [0, 0.05) is 10.9 Å². The lowest BCUT2D eigenvalue weighted by Crippen LogP contribution is -2.53. The van der Waals surface area contributed by atoms with E-state index in [9.17, 15) is 29.5 Å². The van der Waals surface area contributed by atoms with E-state index >= 15 is 4.79 Å². The van der Waals surface area contributed by atoms with Gasteiger partial charge in [-0.15, -0.1) is 0 Å². The fraction of sp³-hybridized carbons (Fsp3) is 0.250. The van der Waals surface area contributed by atoms with Gasteiger partial charge >= 0.3 is 7.12 Å². The number of hydrazine groups is 1. The molecule has 6 atom stereocenters. The molecule has 2 saturated heterocycles. The summed E-state index contributed by atoms with van der Waals surface area (Å²) in [4.78, 5) is 60.1. The number of benzene rings is 4. The van der Waals surface area contributed by atoms with Crippen molar-refractivity contribution < 1.29 is 43.8 Å². The number of anilines is 2. The molecule has 0 bridgehead atoms. The Morgan fingerprint density at radius 3 is 2.31 bits per heavy atom. The molecule has 4 N–H and O–H groups in total. The van der Waals surface area contributed by atoms with E-state index in [2.05, 4.69) is 5.43 Å². The number of nitrogens with zero attached hydrogens (tertiary/aromatic N) is 2. The zero-order chi connectivity index (χ0) is 38.9. The molecule has 1 saturated carbocycles. The van der Waals surface area contributed by atoms with Crippen molar-refractivity contribution in [1.29, 1.82) is 0 Å². The fourth-order valence-electron chi connectivity index (χ4n) is 9.17. The van der Waals surface area contributed by atoms with Crippen molar-refractivity contribution in [3.63, 3.8) is 0 Å². The zero-order valence-electron chi connectivity index (χ0n) is 29.5. The minimum Gasteiger partial charge on any atom is -0.504 e. The summed E-state index contributed by atoms with van der Waals surface area (Å²) in [7, 11) is 1.11. The van der Waals surface area contributed by atoms with E-state index in [0.717, 1.165) is 9.91 Å². The first-order chi connectivity index (χ1) is 26.4. The van der Waals surface area contributed by atoms with Crippen LogP contribution in [0.4, 0.5) is 11.4 Å². The molecular formula is C40H34BCl2N3O9. The average molecular weight is 782 g/mol. The number of amides is 4. The van der Waals surface area contributed by atoms with Gasteiger partial charge in [0.25, 0.3) is 11.8 Å². The maximum absolute atomic E-state index is 15.4. The minimum atomic E-state index is -1.82. The summed E-state index contributed by atoms with van der Waals surface area (Å²) in [5, 5.41) is 31.9. The van der Waals surface area contributed by atoms with Crippen LogP contribution in [0.2, 0.25) is 10.0 Å². The maximum atomic E-state index is 15.4. The summed E-state index contributed by atoms with van der Waals surface area (Å²) in [6, 6.07) is 22.3. The van der Waals surface area contributed by atoms with Crippen LogP contribution >= 0.6 is 23.2 Å². The monoisotopic (exact) mass is 781 g/mol. The number of carbonyl (C=O) groups excluding carboxylic acids is 4. The number of methoxy groups -OCH3 is 2. The van der Waals surface area contributed by atoms with Crippen LogP contribution in [0.3, 0.4) is 0 Å². The molecule has 12 nitrogen and oxygen atoms in total. The summed E-state index contributed by atoms with van der Waals surface area (Å²) in [6.45, 7) is 0. The highest BCUT2D eigenvalue weighted by atomic mass is 35.5. The maximum Gasteiger partial charge on any atom is 0.488 e. The van der Waals surface area contributed by atoms with Crippen molar-refractivity contribution in [3.8, 4) is 17.2 Å². The molecule has 4 aromatic rings. The summed E-state index contributed by atoms with van der Waals surface area (Å²) in [6.07, 6.45) is 2.10. The molecule has 0 spiro atoms. The van der Waals surface area contributed by atoms with Crippen LogP contribution in [0, 0.1) is 23.7 Å². The Kier molecular flexibility index (Phi) is 9.16. The van der Waals surface area contributed by atoms with E-state index in [-0.39, 0.29) is 46.2 Å². The van der Waals surface area contributed by atoms with E-state index in [4.69, 9.17) is 32.7 Å². The number of rotatable bonds is 8. The SMILES string of the molecule is COc1ccc([C@@]23C(=O)N(Nc4ccc(Cl)cc4Cl)C(=O)[C@@H]2C[C@@H]2C(=CC[C@@H]4C(=O)N(c5cccc(B(O)O)c5)C(=O)[C@@H]42)[C@@H]3c2ccc(O)c(OC)c2)cc1. The number of aromatic hydroxyl groups is 1. The largest absolute Gasteiger partial charge is 0.504 e. The van der Waals surface area contributed by atoms with Gasteiger partial charge in [-0.05, 0) is 89.9 Å². The van der Waals surface area contributed by atoms with Gasteiger partial charge in [0.1, 0.15) is 5.75 Å². The van der Waals surface area contributed by atoms with Gasteiger partial charge in [-0.1, -0.05) is 65.2 Å². The lowest BCUT2D eigenvalue weighted by Gasteiger charge is -2.50. The molecule has 2 aliphatic heterocycles. The van der Waals surface area contributed by atoms with E-state index in [1.54, 1.807) is 54.6 Å². The molecular weight excluding hydrogens is 748 g/mol. The normalized spacial score (nSPS) is 25.6. The highest BCUT2D eigenvalue weighted by Crippen LogP contribution is 2.64. The second-order valence-electron chi connectivity index (χ2n) is 14.1. The minimum absolute atomic E-state index is 0.0318. The Labute approximate surface area is 326 Å². The Morgan fingerprint density at radius 1 is 0.855 bits per heavy atom. The van der Waals surface area contributed by atoms with E-state index in [1.165, 1.54) is 44.6 Å². The first-order valence-corrected chi connectivity index (χ1v) is 18.3. The number of carbonyl (C=O) groups is 4. The van der Waals surface area contributed by atoms with Crippen LogP contribution in [-0.2, 0) is 24.6 Å². The molecule has 8 rings (SSSR count). The number of phenols is 1.